The lowest BCUT2D eigenvalue weighted by Gasteiger charge is -2.14. The third-order valence-electron chi connectivity index (χ3n) is 3.48. The molecule has 1 amide bonds. The van der Waals surface area contributed by atoms with Crippen molar-refractivity contribution >= 4 is 11.6 Å². The molecule has 0 spiro atoms. The van der Waals surface area contributed by atoms with Crippen LogP contribution in [0.25, 0.3) is 0 Å². The molecule has 0 saturated heterocycles. The number of rotatable bonds is 8. The molecule has 2 rings (SSSR count). The lowest BCUT2D eigenvalue weighted by Crippen LogP contribution is -2.30. The molecule has 0 radical (unpaired) electrons. The van der Waals surface area contributed by atoms with Gasteiger partial charge in [-0.2, -0.15) is 5.26 Å². The number of anilines is 1. The monoisotopic (exact) mass is 337 g/mol. The number of hydrogen-bond acceptors (Lipinski definition) is 4. The van der Waals surface area contributed by atoms with Crippen LogP contribution >= 0.6 is 0 Å². The zero-order valence-corrected chi connectivity index (χ0v) is 14.6. The Morgan fingerprint density at radius 1 is 1.16 bits per heavy atom. The Kier molecular flexibility index (Phi) is 6.85. The maximum Gasteiger partial charge on any atom is 0.253 e. The average molecular weight is 337 g/mol. The van der Waals surface area contributed by atoms with Crippen LogP contribution in [0.5, 0.6) is 5.75 Å². The molecule has 5 nitrogen and oxygen atoms in total. The highest BCUT2D eigenvalue weighted by atomic mass is 16.5. The van der Waals surface area contributed by atoms with Gasteiger partial charge < -0.3 is 15.4 Å². The standard InChI is InChI=1S/C20H23N3O2/c1-15(2)23-20(24)18-6-3-4-7-19(18)22-12-5-13-25-17-10-8-16(14-21)9-11-17/h3-4,6-11,15,22H,5,12-13H2,1-2H3,(H,23,24). The first-order valence-corrected chi connectivity index (χ1v) is 8.37. The van der Waals surface area contributed by atoms with E-state index >= 15 is 0 Å². The van der Waals surface area contributed by atoms with E-state index in [4.69, 9.17) is 10.00 Å². The summed E-state index contributed by atoms with van der Waals surface area (Å²) in [4.78, 5) is 12.2. The van der Waals surface area contributed by atoms with E-state index in [1.54, 1.807) is 24.3 Å². The van der Waals surface area contributed by atoms with Gasteiger partial charge >= 0.3 is 0 Å². The summed E-state index contributed by atoms with van der Waals surface area (Å²) in [6, 6.07) is 16.7. The number of benzene rings is 2. The molecule has 5 heteroatoms. The molecule has 2 aromatic carbocycles. The number of nitrogens with zero attached hydrogens (tertiary/aromatic N) is 1. The molecule has 25 heavy (non-hydrogen) atoms. The Hall–Kier alpha value is -3.00. The number of carbonyl (C=O) groups is 1. The van der Waals surface area contributed by atoms with Crippen LogP contribution in [0, 0.1) is 11.3 Å². The molecular weight excluding hydrogens is 314 g/mol. The Balaban J connectivity index is 1.79. The van der Waals surface area contributed by atoms with Crippen LogP contribution in [0.3, 0.4) is 0 Å². The van der Waals surface area contributed by atoms with E-state index in [0.717, 1.165) is 17.9 Å². The van der Waals surface area contributed by atoms with Gasteiger partial charge in [0.1, 0.15) is 5.75 Å². The van der Waals surface area contributed by atoms with E-state index in [1.807, 2.05) is 38.1 Å². The van der Waals surface area contributed by atoms with E-state index in [1.165, 1.54) is 0 Å². The highest BCUT2D eigenvalue weighted by Crippen LogP contribution is 2.15. The molecule has 0 fully saturated rings. The molecule has 0 saturated carbocycles. The number of para-hydroxylation sites is 1. The first-order chi connectivity index (χ1) is 12.1. The van der Waals surface area contributed by atoms with Crippen molar-refractivity contribution in [2.75, 3.05) is 18.5 Å². The van der Waals surface area contributed by atoms with Crippen molar-refractivity contribution in [2.45, 2.75) is 26.3 Å². The molecule has 2 aromatic rings. The maximum atomic E-state index is 12.2. The van der Waals surface area contributed by atoms with Crippen LogP contribution in [0.1, 0.15) is 36.2 Å². The number of ether oxygens (including phenoxy) is 1. The van der Waals surface area contributed by atoms with Crippen molar-refractivity contribution in [1.82, 2.24) is 5.32 Å². The molecule has 2 N–H and O–H groups in total. The van der Waals surface area contributed by atoms with Crippen LogP contribution in [0.2, 0.25) is 0 Å². The summed E-state index contributed by atoms with van der Waals surface area (Å²) in [6.45, 7) is 5.13. The van der Waals surface area contributed by atoms with Crippen molar-refractivity contribution < 1.29 is 9.53 Å². The molecule has 0 unspecified atom stereocenters. The van der Waals surface area contributed by atoms with Gasteiger partial charge in [-0.25, -0.2) is 0 Å². The fraction of sp³-hybridized carbons (Fsp3) is 0.300. The molecule has 0 bridgehead atoms. The minimum Gasteiger partial charge on any atom is -0.494 e. The predicted octanol–water partition coefficient (Wildman–Crippen LogP) is 3.58. The smallest absolute Gasteiger partial charge is 0.253 e. The summed E-state index contributed by atoms with van der Waals surface area (Å²) >= 11 is 0. The van der Waals surface area contributed by atoms with Gasteiger partial charge in [0, 0.05) is 18.3 Å². The highest BCUT2D eigenvalue weighted by molar-refractivity contribution is 5.99. The minimum absolute atomic E-state index is 0.0769. The fourth-order valence-corrected chi connectivity index (χ4v) is 2.29. The van der Waals surface area contributed by atoms with Gasteiger partial charge in [-0.3, -0.25) is 4.79 Å². The minimum atomic E-state index is -0.0769. The summed E-state index contributed by atoms with van der Waals surface area (Å²) < 4.78 is 5.65. The van der Waals surface area contributed by atoms with Crippen molar-refractivity contribution in [3.05, 3.63) is 59.7 Å². The topological polar surface area (TPSA) is 74.2 Å². The summed E-state index contributed by atoms with van der Waals surface area (Å²) in [5.74, 6) is 0.669. The van der Waals surface area contributed by atoms with Gasteiger partial charge in [0.25, 0.3) is 5.91 Å². The zero-order chi connectivity index (χ0) is 18.1. The summed E-state index contributed by atoms with van der Waals surface area (Å²) in [5, 5.41) is 15.0. The molecule has 0 heterocycles. The first-order valence-electron chi connectivity index (χ1n) is 8.37. The second-order valence-electron chi connectivity index (χ2n) is 5.94. The van der Waals surface area contributed by atoms with E-state index in [2.05, 4.69) is 16.7 Å². The second-order valence-corrected chi connectivity index (χ2v) is 5.94. The van der Waals surface area contributed by atoms with E-state index in [9.17, 15) is 4.79 Å². The highest BCUT2D eigenvalue weighted by Gasteiger charge is 2.11. The van der Waals surface area contributed by atoms with Gasteiger partial charge in [-0.15, -0.1) is 0 Å². The largest absolute Gasteiger partial charge is 0.494 e. The Labute approximate surface area is 148 Å². The van der Waals surface area contributed by atoms with Crippen LogP contribution in [0.15, 0.2) is 48.5 Å². The lowest BCUT2D eigenvalue weighted by atomic mass is 10.1. The first kappa shape index (κ1) is 18.3. The Bertz CT molecular complexity index is 733. The van der Waals surface area contributed by atoms with Gasteiger partial charge in [0.2, 0.25) is 0 Å². The number of nitriles is 1. The van der Waals surface area contributed by atoms with Gasteiger partial charge in [0.05, 0.1) is 23.8 Å². The number of nitrogens with one attached hydrogen (secondary N) is 2. The molecule has 0 aliphatic heterocycles. The van der Waals surface area contributed by atoms with Crippen molar-refractivity contribution in [2.24, 2.45) is 0 Å². The predicted molar refractivity (Wildman–Crippen MR) is 98.8 cm³/mol. The number of carbonyl (C=O) groups excluding carboxylic acids is 1. The SMILES string of the molecule is CC(C)NC(=O)c1ccccc1NCCCOc1ccc(C#N)cc1. The van der Waals surface area contributed by atoms with Gasteiger partial charge in [0.15, 0.2) is 0 Å². The summed E-state index contributed by atoms with van der Waals surface area (Å²) in [6.07, 6.45) is 0.792. The van der Waals surface area contributed by atoms with Crippen LogP contribution in [-0.4, -0.2) is 25.1 Å². The molecule has 0 aromatic heterocycles. The second kappa shape index (κ2) is 9.33. The molecule has 0 atom stereocenters. The molecular formula is C20H23N3O2. The van der Waals surface area contributed by atoms with Crippen molar-refractivity contribution in [3.63, 3.8) is 0 Å². The number of amides is 1. The van der Waals surface area contributed by atoms with Crippen LogP contribution in [-0.2, 0) is 0 Å². The quantitative estimate of drug-likeness (QED) is 0.722. The van der Waals surface area contributed by atoms with Crippen molar-refractivity contribution in [1.29, 1.82) is 5.26 Å². The van der Waals surface area contributed by atoms with Crippen LogP contribution in [0.4, 0.5) is 5.69 Å². The normalized spacial score (nSPS) is 10.2. The van der Waals surface area contributed by atoms with E-state index in [-0.39, 0.29) is 11.9 Å². The van der Waals surface area contributed by atoms with E-state index < -0.39 is 0 Å². The zero-order valence-electron chi connectivity index (χ0n) is 14.6. The Morgan fingerprint density at radius 2 is 1.88 bits per heavy atom. The average Bonchev–Trinajstić information content (AvgIpc) is 2.61. The Morgan fingerprint density at radius 3 is 2.56 bits per heavy atom. The van der Waals surface area contributed by atoms with Gasteiger partial charge in [-0.1, -0.05) is 12.1 Å². The molecule has 0 aliphatic carbocycles. The molecule has 130 valence electrons. The third kappa shape index (κ3) is 5.85. The third-order valence-corrected chi connectivity index (χ3v) is 3.48. The van der Waals surface area contributed by atoms with E-state index in [0.29, 0.717) is 24.3 Å². The lowest BCUT2D eigenvalue weighted by molar-refractivity contribution is 0.0944. The summed E-state index contributed by atoms with van der Waals surface area (Å²) in [5.41, 5.74) is 2.08. The molecule has 0 aliphatic rings. The summed E-state index contributed by atoms with van der Waals surface area (Å²) in [7, 11) is 0. The van der Waals surface area contributed by atoms with Gasteiger partial charge in [-0.05, 0) is 56.7 Å². The van der Waals surface area contributed by atoms with Crippen LogP contribution < -0.4 is 15.4 Å². The fourth-order valence-electron chi connectivity index (χ4n) is 2.29. The number of hydrogen-bond donors (Lipinski definition) is 2. The van der Waals surface area contributed by atoms with Crippen molar-refractivity contribution in [3.8, 4) is 11.8 Å². The maximum absolute atomic E-state index is 12.2.